The Hall–Kier alpha value is -0.0800. The molecule has 2 heteroatoms. The van der Waals surface area contributed by atoms with Gasteiger partial charge in [0.2, 0.25) is 0 Å². The summed E-state index contributed by atoms with van der Waals surface area (Å²) in [6.07, 6.45) is 7.72. The molecule has 0 aliphatic carbocycles. The lowest BCUT2D eigenvalue weighted by Crippen LogP contribution is -2.37. The maximum Gasteiger partial charge on any atom is 0.0692 e. The first kappa shape index (κ1) is 13.0. The molecule has 0 aromatic rings. The third-order valence-corrected chi connectivity index (χ3v) is 3.69. The molecule has 1 N–H and O–H groups in total. The molecule has 1 heterocycles. The van der Waals surface area contributed by atoms with Gasteiger partial charge in [-0.3, -0.25) is 0 Å². The van der Waals surface area contributed by atoms with E-state index < -0.39 is 0 Å². The van der Waals surface area contributed by atoms with E-state index in [1.165, 1.54) is 45.2 Å². The van der Waals surface area contributed by atoms with Crippen LogP contribution in [0.5, 0.6) is 0 Å². The molecule has 1 rings (SSSR count). The van der Waals surface area contributed by atoms with Gasteiger partial charge in [-0.1, -0.05) is 39.5 Å². The highest BCUT2D eigenvalue weighted by Gasteiger charge is 2.17. The van der Waals surface area contributed by atoms with Crippen LogP contribution < -0.4 is 0 Å². The second kappa shape index (κ2) is 7.24. The Morgan fingerprint density at radius 1 is 1.07 bits per heavy atom. The molecule has 2 atom stereocenters. The smallest absolute Gasteiger partial charge is 0.0692 e. The maximum absolute atomic E-state index is 9.99. The second-order valence-electron chi connectivity index (χ2n) is 5.02. The first-order valence-corrected chi connectivity index (χ1v) is 6.64. The summed E-state index contributed by atoms with van der Waals surface area (Å²) < 4.78 is 0. The van der Waals surface area contributed by atoms with E-state index in [0.717, 1.165) is 13.0 Å². The Morgan fingerprint density at radius 3 is 2.13 bits per heavy atom. The summed E-state index contributed by atoms with van der Waals surface area (Å²) in [5, 5.41) is 9.99. The second-order valence-corrected chi connectivity index (χ2v) is 5.02. The van der Waals surface area contributed by atoms with Crippen LogP contribution >= 0.6 is 0 Å². The van der Waals surface area contributed by atoms with Crippen LogP contribution in [0.15, 0.2) is 0 Å². The van der Waals surface area contributed by atoms with Gasteiger partial charge < -0.3 is 10.0 Å². The minimum absolute atomic E-state index is 0.130. The monoisotopic (exact) mass is 213 g/mol. The fourth-order valence-electron chi connectivity index (χ4n) is 2.21. The van der Waals surface area contributed by atoms with E-state index in [1.807, 2.05) is 0 Å². The fraction of sp³-hybridized carbons (Fsp3) is 1.00. The molecule has 1 aliphatic heterocycles. The van der Waals surface area contributed by atoms with Crippen LogP contribution in [0.2, 0.25) is 0 Å². The summed E-state index contributed by atoms with van der Waals surface area (Å²) in [7, 11) is 0. The molecule has 1 saturated heterocycles. The molecule has 0 aromatic heterocycles. The van der Waals surface area contributed by atoms with E-state index >= 15 is 0 Å². The predicted molar refractivity (Wildman–Crippen MR) is 65.0 cm³/mol. The lowest BCUT2D eigenvalue weighted by molar-refractivity contribution is 0.0653. The minimum Gasteiger partial charge on any atom is -0.392 e. The van der Waals surface area contributed by atoms with E-state index in [-0.39, 0.29) is 6.10 Å². The number of aliphatic hydroxyl groups is 1. The normalized spacial score (nSPS) is 24.2. The number of hydrogen-bond donors (Lipinski definition) is 1. The highest BCUT2D eigenvalue weighted by atomic mass is 16.3. The van der Waals surface area contributed by atoms with Crippen molar-refractivity contribution < 1.29 is 5.11 Å². The van der Waals surface area contributed by atoms with Crippen LogP contribution in [0.3, 0.4) is 0 Å². The third kappa shape index (κ3) is 4.98. The Kier molecular flexibility index (Phi) is 6.26. The quantitative estimate of drug-likeness (QED) is 0.776. The van der Waals surface area contributed by atoms with E-state index in [0.29, 0.717) is 5.92 Å². The molecular formula is C13H27NO. The molecule has 0 amide bonds. The van der Waals surface area contributed by atoms with Crippen molar-refractivity contribution >= 4 is 0 Å². The number of β-amino-alcohol motifs (C(OH)–C–C–N with tert-alkyl or cyclic N) is 1. The average molecular weight is 213 g/mol. The zero-order chi connectivity index (χ0) is 11.1. The van der Waals surface area contributed by atoms with E-state index in [2.05, 4.69) is 18.7 Å². The molecule has 1 aliphatic rings. The van der Waals surface area contributed by atoms with Crippen molar-refractivity contribution in [1.82, 2.24) is 4.90 Å². The number of likely N-dealkylation sites (tertiary alicyclic amines) is 1. The number of rotatable bonds is 4. The summed E-state index contributed by atoms with van der Waals surface area (Å²) in [6, 6.07) is 0. The summed E-state index contributed by atoms with van der Waals surface area (Å²) in [5.74, 6) is 0.440. The van der Waals surface area contributed by atoms with Crippen molar-refractivity contribution in [3.05, 3.63) is 0 Å². The van der Waals surface area contributed by atoms with Gasteiger partial charge >= 0.3 is 0 Å². The summed E-state index contributed by atoms with van der Waals surface area (Å²) in [5.41, 5.74) is 0. The van der Waals surface area contributed by atoms with Gasteiger partial charge in [0.05, 0.1) is 6.10 Å². The summed E-state index contributed by atoms with van der Waals surface area (Å²) in [4.78, 5) is 2.45. The van der Waals surface area contributed by atoms with E-state index in [4.69, 9.17) is 0 Å². The summed E-state index contributed by atoms with van der Waals surface area (Å²) >= 11 is 0. The van der Waals surface area contributed by atoms with E-state index in [9.17, 15) is 5.11 Å². The van der Waals surface area contributed by atoms with Gasteiger partial charge in [-0.15, -0.1) is 0 Å². The number of hydrogen-bond acceptors (Lipinski definition) is 2. The highest BCUT2D eigenvalue weighted by Crippen LogP contribution is 2.13. The van der Waals surface area contributed by atoms with Crippen molar-refractivity contribution in [2.75, 3.05) is 19.6 Å². The highest BCUT2D eigenvalue weighted by molar-refractivity contribution is 4.70. The molecule has 0 aromatic carbocycles. The molecule has 2 unspecified atom stereocenters. The minimum atomic E-state index is -0.130. The molecule has 15 heavy (non-hydrogen) atoms. The molecular weight excluding hydrogens is 186 g/mol. The molecule has 0 saturated carbocycles. The molecule has 90 valence electrons. The molecule has 1 fully saturated rings. The van der Waals surface area contributed by atoms with Crippen molar-refractivity contribution in [2.45, 2.75) is 58.5 Å². The zero-order valence-corrected chi connectivity index (χ0v) is 10.4. The van der Waals surface area contributed by atoms with Crippen LogP contribution in [-0.2, 0) is 0 Å². The maximum atomic E-state index is 9.99. The SMILES string of the molecule is CCC(C)C(O)CN1CCCCCCC1. The van der Waals surface area contributed by atoms with Crippen molar-refractivity contribution in [3.63, 3.8) is 0 Å². The van der Waals surface area contributed by atoms with Crippen molar-refractivity contribution in [2.24, 2.45) is 5.92 Å². The Morgan fingerprint density at radius 2 is 1.60 bits per heavy atom. The van der Waals surface area contributed by atoms with Gasteiger partial charge in [0.25, 0.3) is 0 Å². The van der Waals surface area contributed by atoms with Gasteiger partial charge in [0.15, 0.2) is 0 Å². The van der Waals surface area contributed by atoms with Crippen LogP contribution in [0.4, 0.5) is 0 Å². The first-order chi connectivity index (χ1) is 7.24. The van der Waals surface area contributed by atoms with E-state index in [1.54, 1.807) is 0 Å². The molecule has 0 bridgehead atoms. The fourth-order valence-corrected chi connectivity index (χ4v) is 2.21. The Balaban J connectivity index is 2.27. The summed E-state index contributed by atoms with van der Waals surface area (Å²) in [6.45, 7) is 7.56. The Bertz CT molecular complexity index is 153. The zero-order valence-electron chi connectivity index (χ0n) is 10.4. The standard InChI is InChI=1S/C13H27NO/c1-3-12(2)13(15)11-14-9-7-5-4-6-8-10-14/h12-13,15H,3-11H2,1-2H3. The van der Waals surface area contributed by atoms with Crippen LogP contribution in [0, 0.1) is 5.92 Å². The van der Waals surface area contributed by atoms with Crippen molar-refractivity contribution in [3.8, 4) is 0 Å². The lowest BCUT2D eigenvalue weighted by atomic mass is 10.0. The van der Waals surface area contributed by atoms with Gasteiger partial charge in [-0.2, -0.15) is 0 Å². The molecule has 0 radical (unpaired) electrons. The van der Waals surface area contributed by atoms with Gasteiger partial charge in [0, 0.05) is 6.54 Å². The predicted octanol–water partition coefficient (Wildman–Crippen LogP) is 2.66. The van der Waals surface area contributed by atoms with Crippen LogP contribution in [-0.4, -0.2) is 35.7 Å². The average Bonchev–Trinajstić information content (AvgIpc) is 2.20. The molecule has 0 spiro atoms. The molecule has 2 nitrogen and oxygen atoms in total. The first-order valence-electron chi connectivity index (χ1n) is 6.64. The largest absolute Gasteiger partial charge is 0.392 e. The van der Waals surface area contributed by atoms with Gasteiger partial charge in [-0.05, 0) is 31.8 Å². The lowest BCUT2D eigenvalue weighted by Gasteiger charge is -2.28. The Labute approximate surface area is 94.7 Å². The number of aliphatic hydroxyl groups excluding tert-OH is 1. The van der Waals surface area contributed by atoms with Crippen LogP contribution in [0.1, 0.15) is 52.4 Å². The third-order valence-electron chi connectivity index (χ3n) is 3.69. The van der Waals surface area contributed by atoms with Crippen molar-refractivity contribution in [1.29, 1.82) is 0 Å². The van der Waals surface area contributed by atoms with Gasteiger partial charge in [0.1, 0.15) is 0 Å². The topological polar surface area (TPSA) is 23.5 Å². The number of nitrogens with zero attached hydrogens (tertiary/aromatic N) is 1. The van der Waals surface area contributed by atoms with Gasteiger partial charge in [-0.25, -0.2) is 0 Å². The van der Waals surface area contributed by atoms with Crippen LogP contribution in [0.25, 0.3) is 0 Å².